The molecule has 0 aliphatic heterocycles. The SMILES string of the molecule is COc1ccc(C(c2ccc(OC)c(C)c2)[C@H](C)OC(=O)[C@H](C)NC(=O)OC(C)(C)C)cc1C. The van der Waals surface area contributed by atoms with Gasteiger partial charge in [0.05, 0.1) is 14.2 Å². The molecule has 7 heteroatoms. The van der Waals surface area contributed by atoms with Crippen LogP contribution in [-0.4, -0.2) is 44.0 Å². The number of ether oxygens (including phenoxy) is 4. The zero-order valence-electron chi connectivity index (χ0n) is 21.6. The summed E-state index contributed by atoms with van der Waals surface area (Å²) in [6.45, 7) is 12.6. The van der Waals surface area contributed by atoms with Crippen molar-refractivity contribution in [3.05, 3.63) is 58.7 Å². The highest BCUT2D eigenvalue weighted by molar-refractivity contribution is 5.81. The minimum absolute atomic E-state index is 0.244. The maximum Gasteiger partial charge on any atom is 0.408 e. The Labute approximate surface area is 202 Å². The summed E-state index contributed by atoms with van der Waals surface area (Å²) in [5.74, 6) is 0.784. The zero-order chi connectivity index (χ0) is 25.6. The predicted molar refractivity (Wildman–Crippen MR) is 132 cm³/mol. The molecule has 0 bridgehead atoms. The first-order chi connectivity index (χ1) is 15.9. The van der Waals surface area contributed by atoms with Crippen molar-refractivity contribution in [2.75, 3.05) is 14.2 Å². The van der Waals surface area contributed by atoms with Crippen LogP contribution in [-0.2, 0) is 14.3 Å². The molecule has 0 aliphatic carbocycles. The fourth-order valence-electron chi connectivity index (χ4n) is 3.82. The van der Waals surface area contributed by atoms with Crippen LogP contribution in [0.3, 0.4) is 0 Å². The molecule has 0 saturated carbocycles. The molecule has 0 unspecified atom stereocenters. The van der Waals surface area contributed by atoms with E-state index in [4.69, 9.17) is 18.9 Å². The quantitative estimate of drug-likeness (QED) is 0.526. The van der Waals surface area contributed by atoms with E-state index in [9.17, 15) is 9.59 Å². The molecular weight excluding hydrogens is 434 g/mol. The molecule has 34 heavy (non-hydrogen) atoms. The zero-order valence-corrected chi connectivity index (χ0v) is 21.6. The first-order valence-corrected chi connectivity index (χ1v) is 11.3. The Kier molecular flexibility index (Phi) is 8.96. The third kappa shape index (κ3) is 7.14. The fourth-order valence-corrected chi connectivity index (χ4v) is 3.82. The highest BCUT2D eigenvalue weighted by Gasteiger charge is 2.29. The molecule has 2 atom stereocenters. The van der Waals surface area contributed by atoms with Crippen molar-refractivity contribution >= 4 is 12.1 Å². The van der Waals surface area contributed by atoms with Gasteiger partial charge in [0.25, 0.3) is 0 Å². The second-order valence-electron chi connectivity index (χ2n) is 9.45. The Morgan fingerprint density at radius 3 is 1.71 bits per heavy atom. The van der Waals surface area contributed by atoms with Gasteiger partial charge in [0.2, 0.25) is 0 Å². The van der Waals surface area contributed by atoms with Crippen molar-refractivity contribution < 1.29 is 28.5 Å². The normalized spacial score (nSPS) is 13.1. The number of hydrogen-bond donors (Lipinski definition) is 1. The van der Waals surface area contributed by atoms with E-state index >= 15 is 0 Å². The van der Waals surface area contributed by atoms with Gasteiger partial charge in [0.15, 0.2) is 0 Å². The van der Waals surface area contributed by atoms with Crippen LogP contribution in [0.15, 0.2) is 36.4 Å². The molecule has 0 radical (unpaired) electrons. The molecule has 1 N–H and O–H groups in total. The van der Waals surface area contributed by atoms with E-state index < -0.39 is 29.8 Å². The third-order valence-corrected chi connectivity index (χ3v) is 5.41. The maximum absolute atomic E-state index is 12.8. The lowest BCUT2D eigenvalue weighted by Crippen LogP contribution is -2.43. The Morgan fingerprint density at radius 2 is 1.32 bits per heavy atom. The van der Waals surface area contributed by atoms with E-state index in [1.54, 1.807) is 41.9 Å². The average molecular weight is 472 g/mol. The topological polar surface area (TPSA) is 83.1 Å². The van der Waals surface area contributed by atoms with Crippen LogP contribution >= 0.6 is 0 Å². The van der Waals surface area contributed by atoms with E-state index in [0.29, 0.717) is 0 Å². The lowest BCUT2D eigenvalue weighted by molar-refractivity contribution is -0.150. The predicted octanol–water partition coefficient (Wildman–Crippen LogP) is 5.30. The molecule has 2 aromatic rings. The second kappa shape index (κ2) is 11.3. The highest BCUT2D eigenvalue weighted by atomic mass is 16.6. The summed E-state index contributed by atoms with van der Waals surface area (Å²) in [6, 6.07) is 11.0. The summed E-state index contributed by atoms with van der Waals surface area (Å²) < 4.78 is 21.9. The van der Waals surface area contributed by atoms with Gasteiger partial charge in [0.1, 0.15) is 29.2 Å². The molecule has 0 aliphatic rings. The molecule has 2 rings (SSSR count). The summed E-state index contributed by atoms with van der Waals surface area (Å²) in [5.41, 5.74) is 3.26. The molecule has 186 valence electrons. The molecule has 0 heterocycles. The number of amides is 1. The third-order valence-electron chi connectivity index (χ3n) is 5.41. The molecule has 0 saturated heterocycles. The highest BCUT2D eigenvalue weighted by Crippen LogP contribution is 2.34. The number of esters is 1. The number of carbonyl (C=O) groups excluding carboxylic acids is 2. The van der Waals surface area contributed by atoms with E-state index in [2.05, 4.69) is 5.32 Å². The number of rotatable bonds is 8. The number of alkyl carbamates (subject to hydrolysis) is 1. The van der Waals surface area contributed by atoms with Gasteiger partial charge in [-0.1, -0.05) is 24.3 Å². The Bertz CT molecular complexity index is 957. The molecule has 0 spiro atoms. The van der Waals surface area contributed by atoms with Crippen molar-refractivity contribution in [3.8, 4) is 11.5 Å². The molecular formula is C27H37NO6. The fraction of sp³-hybridized carbons (Fsp3) is 0.481. The van der Waals surface area contributed by atoms with Gasteiger partial charge in [-0.25, -0.2) is 9.59 Å². The van der Waals surface area contributed by atoms with Gasteiger partial charge < -0.3 is 24.3 Å². The summed E-state index contributed by atoms with van der Waals surface area (Å²) in [6.07, 6.45) is -1.19. The smallest absolute Gasteiger partial charge is 0.408 e. The van der Waals surface area contributed by atoms with Crippen LogP contribution in [0.25, 0.3) is 0 Å². The maximum atomic E-state index is 12.8. The summed E-state index contributed by atoms with van der Waals surface area (Å²) in [7, 11) is 3.27. The van der Waals surface area contributed by atoms with E-state index in [0.717, 1.165) is 33.8 Å². The molecule has 0 fully saturated rings. The van der Waals surface area contributed by atoms with Crippen molar-refractivity contribution in [2.24, 2.45) is 0 Å². The van der Waals surface area contributed by atoms with Gasteiger partial charge in [0, 0.05) is 5.92 Å². The second-order valence-corrected chi connectivity index (χ2v) is 9.45. The number of benzene rings is 2. The minimum atomic E-state index is -0.867. The number of methoxy groups -OCH3 is 2. The Morgan fingerprint density at radius 1 is 0.853 bits per heavy atom. The van der Waals surface area contributed by atoms with Crippen molar-refractivity contribution in [1.82, 2.24) is 5.32 Å². The van der Waals surface area contributed by atoms with Crippen LogP contribution in [0.2, 0.25) is 0 Å². The van der Waals surface area contributed by atoms with Crippen LogP contribution in [0, 0.1) is 13.8 Å². The number of hydrogen-bond acceptors (Lipinski definition) is 6. The van der Waals surface area contributed by atoms with Gasteiger partial charge in [-0.15, -0.1) is 0 Å². The summed E-state index contributed by atoms with van der Waals surface area (Å²) in [5, 5.41) is 2.54. The van der Waals surface area contributed by atoms with Gasteiger partial charge in [-0.05, 0) is 82.9 Å². The van der Waals surface area contributed by atoms with Crippen molar-refractivity contribution in [2.45, 2.75) is 72.1 Å². The lowest BCUT2D eigenvalue weighted by atomic mass is 9.85. The van der Waals surface area contributed by atoms with E-state index in [1.807, 2.05) is 57.2 Å². The van der Waals surface area contributed by atoms with Crippen LogP contribution < -0.4 is 14.8 Å². The lowest BCUT2D eigenvalue weighted by Gasteiger charge is -2.28. The molecule has 0 aromatic heterocycles. The summed E-state index contributed by atoms with van der Waals surface area (Å²) in [4.78, 5) is 24.9. The number of nitrogens with one attached hydrogen (secondary N) is 1. The van der Waals surface area contributed by atoms with Crippen LogP contribution in [0.5, 0.6) is 11.5 Å². The Hall–Kier alpha value is -3.22. The largest absolute Gasteiger partial charge is 0.496 e. The van der Waals surface area contributed by atoms with Crippen LogP contribution in [0.4, 0.5) is 4.79 Å². The van der Waals surface area contributed by atoms with Crippen LogP contribution in [0.1, 0.15) is 62.8 Å². The number of carbonyl (C=O) groups is 2. The monoisotopic (exact) mass is 471 g/mol. The molecule has 1 amide bonds. The minimum Gasteiger partial charge on any atom is -0.496 e. The average Bonchev–Trinajstić information content (AvgIpc) is 2.72. The van der Waals surface area contributed by atoms with E-state index in [1.165, 1.54) is 0 Å². The van der Waals surface area contributed by atoms with Gasteiger partial charge in [-0.2, -0.15) is 0 Å². The Balaban J connectivity index is 2.31. The standard InChI is InChI=1S/C27H37NO6/c1-16-14-20(10-12-22(16)31-8)24(21-11-13-23(32-9)17(2)15-21)19(4)33-25(29)18(3)28-26(30)34-27(5,6)7/h10-15,18-19,24H,1-9H3,(H,28,30)/t18-,19-/m0/s1. The molecule has 2 aromatic carbocycles. The number of aryl methyl sites for hydroxylation is 2. The first kappa shape index (κ1) is 27.0. The molecule has 7 nitrogen and oxygen atoms in total. The van der Waals surface area contributed by atoms with Gasteiger partial charge in [-0.3, -0.25) is 0 Å². The van der Waals surface area contributed by atoms with Crippen molar-refractivity contribution in [3.63, 3.8) is 0 Å². The van der Waals surface area contributed by atoms with E-state index in [-0.39, 0.29) is 5.92 Å². The summed E-state index contributed by atoms with van der Waals surface area (Å²) >= 11 is 0. The first-order valence-electron chi connectivity index (χ1n) is 11.3. The van der Waals surface area contributed by atoms with Gasteiger partial charge >= 0.3 is 12.1 Å². The van der Waals surface area contributed by atoms with Crippen molar-refractivity contribution in [1.29, 1.82) is 0 Å².